The van der Waals surface area contributed by atoms with E-state index in [2.05, 4.69) is 65.1 Å². The zero-order valence-electron chi connectivity index (χ0n) is 17.8. The molecule has 8 heteroatoms. The molecule has 0 amide bonds. The van der Waals surface area contributed by atoms with Crippen molar-refractivity contribution in [1.29, 1.82) is 0 Å². The van der Waals surface area contributed by atoms with Crippen molar-refractivity contribution in [2.75, 3.05) is 23.7 Å². The molecule has 1 aromatic carbocycles. The summed E-state index contributed by atoms with van der Waals surface area (Å²) >= 11 is 0. The van der Waals surface area contributed by atoms with Gasteiger partial charge in [0.15, 0.2) is 5.82 Å². The molecule has 1 atom stereocenters. The van der Waals surface area contributed by atoms with Crippen LogP contribution in [0.15, 0.2) is 67.0 Å². The molecule has 1 fully saturated rings. The van der Waals surface area contributed by atoms with Crippen molar-refractivity contribution in [2.24, 2.45) is 0 Å². The second-order valence-electron chi connectivity index (χ2n) is 7.76. The molecule has 32 heavy (non-hydrogen) atoms. The van der Waals surface area contributed by atoms with Crippen LogP contribution in [0.2, 0.25) is 0 Å². The third kappa shape index (κ3) is 4.70. The highest BCUT2D eigenvalue weighted by atomic mass is 15.2. The van der Waals surface area contributed by atoms with E-state index >= 15 is 0 Å². The molecule has 1 aliphatic heterocycles. The first-order chi connectivity index (χ1) is 15.7. The topological polar surface area (TPSA) is 101 Å². The van der Waals surface area contributed by atoms with E-state index in [1.165, 1.54) is 12.0 Å². The maximum atomic E-state index is 4.57. The summed E-state index contributed by atoms with van der Waals surface area (Å²) < 4.78 is 0. The van der Waals surface area contributed by atoms with Gasteiger partial charge in [-0.05, 0) is 67.8 Å². The van der Waals surface area contributed by atoms with Gasteiger partial charge in [0, 0.05) is 30.3 Å². The molecule has 160 valence electrons. The van der Waals surface area contributed by atoms with Crippen molar-refractivity contribution >= 4 is 23.3 Å². The minimum atomic E-state index is 0.514. The monoisotopic (exact) mass is 424 g/mol. The molecule has 3 aromatic heterocycles. The molecular formula is C24H24N8. The van der Waals surface area contributed by atoms with Gasteiger partial charge >= 0.3 is 0 Å². The lowest BCUT2D eigenvalue weighted by atomic mass is 9.98. The first-order valence-electron chi connectivity index (χ1n) is 10.7. The number of hydrogen-bond donors (Lipinski definition) is 3. The van der Waals surface area contributed by atoms with Crippen LogP contribution in [0.25, 0.3) is 11.5 Å². The quantitative estimate of drug-likeness (QED) is 0.423. The number of hydrogen-bond acceptors (Lipinski definition) is 8. The number of rotatable bonds is 6. The Kier molecular flexibility index (Phi) is 5.67. The zero-order chi connectivity index (χ0) is 21.8. The fraction of sp³-hybridized carbons (Fsp3) is 0.208. The predicted octanol–water partition coefficient (Wildman–Crippen LogP) is 4.20. The summed E-state index contributed by atoms with van der Waals surface area (Å²) in [6.45, 7) is 4.09. The number of nitrogens with one attached hydrogen (secondary N) is 3. The van der Waals surface area contributed by atoms with Crippen LogP contribution in [0, 0.1) is 6.92 Å². The molecule has 0 saturated carbocycles. The van der Waals surface area contributed by atoms with Crippen LogP contribution in [-0.2, 0) is 0 Å². The highest BCUT2D eigenvalue weighted by Gasteiger charge is 2.16. The second kappa shape index (κ2) is 9.07. The van der Waals surface area contributed by atoms with Crippen molar-refractivity contribution < 1.29 is 0 Å². The molecule has 8 nitrogen and oxygen atoms in total. The first kappa shape index (κ1) is 20.0. The van der Waals surface area contributed by atoms with E-state index in [9.17, 15) is 0 Å². The van der Waals surface area contributed by atoms with Crippen LogP contribution in [0.3, 0.4) is 0 Å². The number of nitrogens with zero attached hydrogens (tertiary/aromatic N) is 5. The van der Waals surface area contributed by atoms with Crippen molar-refractivity contribution in [2.45, 2.75) is 19.3 Å². The van der Waals surface area contributed by atoms with Gasteiger partial charge < -0.3 is 16.0 Å². The van der Waals surface area contributed by atoms with Gasteiger partial charge in [0.2, 0.25) is 5.95 Å². The van der Waals surface area contributed by atoms with Crippen molar-refractivity contribution in [3.05, 3.63) is 78.2 Å². The Morgan fingerprint density at radius 1 is 0.844 bits per heavy atom. The second-order valence-corrected chi connectivity index (χ2v) is 7.76. The van der Waals surface area contributed by atoms with E-state index in [0.717, 1.165) is 30.2 Å². The summed E-state index contributed by atoms with van der Waals surface area (Å²) in [5.41, 5.74) is 3.96. The number of benzene rings is 1. The lowest BCUT2D eigenvalue weighted by molar-refractivity contribution is 0.763. The highest BCUT2D eigenvalue weighted by molar-refractivity contribution is 5.59. The molecule has 1 saturated heterocycles. The Bertz CT molecular complexity index is 1200. The SMILES string of the molecule is Cc1cccc(-c2nccc(Nc3ccnc(Nc4ccc(C5CCNC5)cc4)n3)n2)n1. The number of aromatic nitrogens is 5. The molecular weight excluding hydrogens is 400 g/mol. The highest BCUT2D eigenvalue weighted by Crippen LogP contribution is 2.25. The van der Waals surface area contributed by atoms with Crippen molar-refractivity contribution in [3.8, 4) is 11.5 Å². The molecule has 4 heterocycles. The minimum absolute atomic E-state index is 0.514. The molecule has 1 unspecified atom stereocenters. The fourth-order valence-corrected chi connectivity index (χ4v) is 3.75. The van der Waals surface area contributed by atoms with Crippen LogP contribution in [0.4, 0.5) is 23.3 Å². The van der Waals surface area contributed by atoms with Gasteiger partial charge in [-0.2, -0.15) is 4.98 Å². The standard InChI is InChI=1S/C24H24N8/c1-16-3-2-4-20(28-16)23-26-13-10-21(31-23)30-22-11-14-27-24(32-22)29-19-7-5-17(6-8-19)18-9-12-25-15-18/h2-8,10-11,13-14,18,25H,9,12,15H2,1H3,(H2,26,27,29,30,31,32). The third-order valence-electron chi connectivity index (χ3n) is 5.38. The molecule has 0 bridgehead atoms. The zero-order valence-corrected chi connectivity index (χ0v) is 17.8. The van der Waals surface area contributed by atoms with Gasteiger partial charge in [0.1, 0.15) is 17.3 Å². The van der Waals surface area contributed by atoms with Gasteiger partial charge in [-0.25, -0.2) is 19.9 Å². The number of anilines is 4. The number of aryl methyl sites for hydroxylation is 1. The predicted molar refractivity (Wildman–Crippen MR) is 125 cm³/mol. The Labute approximate surface area is 186 Å². The Hall–Kier alpha value is -3.91. The molecule has 5 rings (SSSR count). The molecule has 4 aromatic rings. The normalized spacial score (nSPS) is 15.5. The summed E-state index contributed by atoms with van der Waals surface area (Å²) in [6.07, 6.45) is 4.60. The van der Waals surface area contributed by atoms with E-state index in [4.69, 9.17) is 0 Å². The van der Waals surface area contributed by atoms with Crippen LogP contribution >= 0.6 is 0 Å². The molecule has 1 aliphatic rings. The summed E-state index contributed by atoms with van der Waals surface area (Å²) in [4.78, 5) is 22.3. The van der Waals surface area contributed by atoms with Crippen LogP contribution < -0.4 is 16.0 Å². The van der Waals surface area contributed by atoms with E-state index in [0.29, 0.717) is 29.3 Å². The largest absolute Gasteiger partial charge is 0.325 e. The van der Waals surface area contributed by atoms with E-state index in [1.54, 1.807) is 24.5 Å². The minimum Gasteiger partial charge on any atom is -0.325 e. The van der Waals surface area contributed by atoms with E-state index in [-0.39, 0.29) is 0 Å². The maximum absolute atomic E-state index is 4.57. The summed E-state index contributed by atoms with van der Waals surface area (Å²) in [5.74, 6) is 2.94. The van der Waals surface area contributed by atoms with Crippen molar-refractivity contribution in [1.82, 2.24) is 30.2 Å². The molecule has 0 spiro atoms. The number of pyridine rings is 1. The van der Waals surface area contributed by atoms with E-state index in [1.807, 2.05) is 25.1 Å². The maximum Gasteiger partial charge on any atom is 0.229 e. The third-order valence-corrected chi connectivity index (χ3v) is 5.38. The van der Waals surface area contributed by atoms with Gasteiger partial charge in [-0.15, -0.1) is 0 Å². The van der Waals surface area contributed by atoms with Gasteiger partial charge in [0.05, 0.1) is 0 Å². The Balaban J connectivity index is 1.29. The van der Waals surface area contributed by atoms with Gasteiger partial charge in [-0.1, -0.05) is 18.2 Å². The lowest BCUT2D eigenvalue weighted by Crippen LogP contribution is -2.07. The van der Waals surface area contributed by atoms with E-state index < -0.39 is 0 Å². The Morgan fingerprint density at radius 2 is 1.66 bits per heavy atom. The molecule has 3 N–H and O–H groups in total. The average Bonchev–Trinajstić information content (AvgIpc) is 3.35. The van der Waals surface area contributed by atoms with Crippen LogP contribution in [0.1, 0.15) is 23.6 Å². The average molecular weight is 425 g/mol. The van der Waals surface area contributed by atoms with Crippen LogP contribution in [-0.4, -0.2) is 38.0 Å². The molecule has 0 radical (unpaired) electrons. The van der Waals surface area contributed by atoms with Gasteiger partial charge in [0.25, 0.3) is 0 Å². The fourth-order valence-electron chi connectivity index (χ4n) is 3.75. The Morgan fingerprint density at radius 3 is 2.44 bits per heavy atom. The summed E-state index contributed by atoms with van der Waals surface area (Å²) in [6, 6.07) is 17.9. The van der Waals surface area contributed by atoms with Gasteiger partial charge in [-0.3, -0.25) is 0 Å². The summed E-state index contributed by atoms with van der Waals surface area (Å²) in [7, 11) is 0. The first-order valence-corrected chi connectivity index (χ1v) is 10.7. The molecule has 0 aliphatic carbocycles. The van der Waals surface area contributed by atoms with Crippen LogP contribution in [0.5, 0.6) is 0 Å². The summed E-state index contributed by atoms with van der Waals surface area (Å²) in [5, 5.41) is 9.91. The lowest BCUT2D eigenvalue weighted by Gasteiger charge is -2.11. The van der Waals surface area contributed by atoms with Crippen molar-refractivity contribution in [3.63, 3.8) is 0 Å². The smallest absolute Gasteiger partial charge is 0.229 e.